The zero-order valence-corrected chi connectivity index (χ0v) is 16.7. The van der Waals surface area contributed by atoms with Gasteiger partial charge in [-0.05, 0) is 55.0 Å². The molecule has 6 heteroatoms. The van der Waals surface area contributed by atoms with Crippen molar-refractivity contribution in [2.45, 2.75) is 20.0 Å². The number of amides is 1. The van der Waals surface area contributed by atoms with Crippen molar-refractivity contribution in [2.75, 3.05) is 13.7 Å². The Bertz CT molecular complexity index is 1020. The smallest absolute Gasteiger partial charge is 0.280 e. The van der Waals surface area contributed by atoms with Gasteiger partial charge in [0.15, 0.2) is 6.10 Å². The van der Waals surface area contributed by atoms with Gasteiger partial charge >= 0.3 is 0 Å². The van der Waals surface area contributed by atoms with Crippen molar-refractivity contribution < 1.29 is 19.0 Å². The summed E-state index contributed by atoms with van der Waals surface area (Å²) in [7, 11) is 1.59. The van der Waals surface area contributed by atoms with Gasteiger partial charge in [0, 0.05) is 5.56 Å². The summed E-state index contributed by atoms with van der Waals surface area (Å²) in [5.74, 6) is 1.61. The van der Waals surface area contributed by atoms with Gasteiger partial charge < -0.3 is 14.2 Å². The Kier molecular flexibility index (Phi) is 6.68. The van der Waals surface area contributed by atoms with Crippen LogP contribution in [-0.4, -0.2) is 31.9 Å². The van der Waals surface area contributed by atoms with Crippen molar-refractivity contribution in [3.63, 3.8) is 0 Å². The van der Waals surface area contributed by atoms with E-state index in [2.05, 4.69) is 10.5 Å². The minimum absolute atomic E-state index is 0.352. The number of carbonyl (C=O) groups excluding carboxylic acids is 1. The Hall–Kier alpha value is -3.54. The monoisotopic (exact) mass is 392 g/mol. The van der Waals surface area contributed by atoms with Crippen LogP contribution in [-0.2, 0) is 4.79 Å². The highest BCUT2D eigenvalue weighted by Gasteiger charge is 2.14. The van der Waals surface area contributed by atoms with Crippen molar-refractivity contribution in [1.29, 1.82) is 0 Å². The number of hydrazone groups is 1. The van der Waals surface area contributed by atoms with E-state index in [0.29, 0.717) is 29.4 Å². The van der Waals surface area contributed by atoms with E-state index in [-0.39, 0.29) is 5.91 Å². The van der Waals surface area contributed by atoms with Crippen LogP contribution in [0.3, 0.4) is 0 Å². The molecule has 6 nitrogen and oxygen atoms in total. The van der Waals surface area contributed by atoms with Gasteiger partial charge in [-0.15, -0.1) is 0 Å². The molecule has 3 aromatic carbocycles. The molecule has 3 aromatic rings. The van der Waals surface area contributed by atoms with E-state index < -0.39 is 6.10 Å². The molecule has 0 bridgehead atoms. The first-order valence-electron chi connectivity index (χ1n) is 9.40. The molecule has 0 radical (unpaired) electrons. The van der Waals surface area contributed by atoms with Crippen LogP contribution in [0.1, 0.15) is 19.4 Å². The number of fused-ring (bicyclic) bond motifs is 1. The number of nitrogens with zero attached hydrogens (tertiary/aromatic N) is 1. The number of rotatable bonds is 8. The van der Waals surface area contributed by atoms with Crippen molar-refractivity contribution >= 4 is 22.9 Å². The summed E-state index contributed by atoms with van der Waals surface area (Å²) < 4.78 is 16.6. The zero-order chi connectivity index (χ0) is 20.6. The molecule has 0 aliphatic heterocycles. The van der Waals surface area contributed by atoms with Gasteiger partial charge in [0.2, 0.25) is 0 Å². The fraction of sp³-hybridized carbons (Fsp3) is 0.217. The van der Waals surface area contributed by atoms with Gasteiger partial charge in [-0.2, -0.15) is 5.10 Å². The molecular weight excluding hydrogens is 368 g/mol. The van der Waals surface area contributed by atoms with Crippen LogP contribution in [0.2, 0.25) is 0 Å². The van der Waals surface area contributed by atoms with E-state index >= 15 is 0 Å². The minimum Gasteiger partial charge on any atom is -0.497 e. The Balaban J connectivity index is 1.63. The number of hydrogen-bond acceptors (Lipinski definition) is 5. The van der Waals surface area contributed by atoms with Crippen LogP contribution >= 0.6 is 0 Å². The third kappa shape index (κ3) is 5.25. The SMILES string of the molecule is CCOc1ccc(OC)cc1/C=N\NC(=O)[C@@H](C)Oc1ccc2ccccc2c1. The number of nitrogens with one attached hydrogen (secondary N) is 1. The fourth-order valence-electron chi connectivity index (χ4n) is 2.80. The summed E-state index contributed by atoms with van der Waals surface area (Å²) in [6, 6.07) is 19.1. The number of methoxy groups -OCH3 is 1. The van der Waals surface area contributed by atoms with Crippen LogP contribution in [0.5, 0.6) is 17.2 Å². The lowest BCUT2D eigenvalue weighted by atomic mass is 10.1. The molecule has 0 spiro atoms. The van der Waals surface area contributed by atoms with E-state index in [1.165, 1.54) is 6.21 Å². The van der Waals surface area contributed by atoms with Gasteiger partial charge in [-0.1, -0.05) is 30.3 Å². The largest absolute Gasteiger partial charge is 0.497 e. The topological polar surface area (TPSA) is 69.2 Å². The molecule has 0 aromatic heterocycles. The molecule has 1 N–H and O–H groups in total. The lowest BCUT2D eigenvalue weighted by Gasteiger charge is -2.13. The molecule has 0 saturated heterocycles. The van der Waals surface area contributed by atoms with E-state index in [4.69, 9.17) is 14.2 Å². The lowest BCUT2D eigenvalue weighted by molar-refractivity contribution is -0.127. The second-order valence-corrected chi connectivity index (χ2v) is 6.34. The molecule has 0 aliphatic carbocycles. The van der Waals surface area contributed by atoms with Gasteiger partial charge in [0.05, 0.1) is 19.9 Å². The Morgan fingerprint density at radius 3 is 2.59 bits per heavy atom. The summed E-state index contributed by atoms with van der Waals surface area (Å²) in [5.41, 5.74) is 3.21. The molecule has 3 rings (SSSR count). The Labute approximate surface area is 170 Å². The van der Waals surface area contributed by atoms with Gasteiger partial charge in [0.25, 0.3) is 5.91 Å². The van der Waals surface area contributed by atoms with Crippen molar-refractivity contribution in [3.05, 3.63) is 66.2 Å². The molecule has 150 valence electrons. The van der Waals surface area contributed by atoms with Gasteiger partial charge in [0.1, 0.15) is 17.2 Å². The maximum atomic E-state index is 12.3. The maximum absolute atomic E-state index is 12.3. The average Bonchev–Trinajstić information content (AvgIpc) is 2.74. The van der Waals surface area contributed by atoms with E-state index in [0.717, 1.165) is 10.8 Å². The van der Waals surface area contributed by atoms with E-state index in [1.807, 2.05) is 49.4 Å². The normalized spacial score (nSPS) is 12.0. The fourth-order valence-corrected chi connectivity index (χ4v) is 2.80. The molecule has 1 amide bonds. The highest BCUT2D eigenvalue weighted by molar-refractivity contribution is 5.87. The molecule has 0 heterocycles. The number of carbonyl (C=O) groups is 1. The van der Waals surface area contributed by atoms with Crippen LogP contribution in [0.15, 0.2) is 65.8 Å². The minimum atomic E-state index is -0.704. The second-order valence-electron chi connectivity index (χ2n) is 6.34. The number of ether oxygens (including phenoxy) is 3. The summed E-state index contributed by atoms with van der Waals surface area (Å²) in [4.78, 5) is 12.3. The molecule has 0 fully saturated rings. The molecule has 0 aliphatic rings. The van der Waals surface area contributed by atoms with Crippen LogP contribution in [0.4, 0.5) is 0 Å². The summed E-state index contributed by atoms with van der Waals surface area (Å²) in [6.45, 7) is 4.10. The third-order valence-electron chi connectivity index (χ3n) is 4.30. The van der Waals surface area contributed by atoms with E-state index in [1.54, 1.807) is 32.2 Å². The van der Waals surface area contributed by atoms with Crippen molar-refractivity contribution in [1.82, 2.24) is 5.43 Å². The van der Waals surface area contributed by atoms with Gasteiger partial charge in [-0.25, -0.2) is 5.43 Å². The molecular formula is C23H24N2O4. The molecule has 1 atom stereocenters. The third-order valence-corrected chi connectivity index (χ3v) is 4.30. The average molecular weight is 392 g/mol. The quantitative estimate of drug-likeness (QED) is 0.462. The predicted molar refractivity (Wildman–Crippen MR) is 114 cm³/mol. The Morgan fingerprint density at radius 1 is 1.07 bits per heavy atom. The lowest BCUT2D eigenvalue weighted by Crippen LogP contribution is -2.33. The van der Waals surface area contributed by atoms with Crippen molar-refractivity contribution in [3.8, 4) is 17.2 Å². The van der Waals surface area contributed by atoms with Crippen LogP contribution < -0.4 is 19.6 Å². The van der Waals surface area contributed by atoms with E-state index in [9.17, 15) is 4.79 Å². The standard InChI is InChI=1S/C23H24N2O4/c1-4-28-22-12-11-20(27-3)14-19(22)15-24-25-23(26)16(2)29-21-10-9-17-7-5-6-8-18(17)13-21/h5-16H,4H2,1-3H3,(H,25,26)/b24-15-/t16-/m1/s1. The molecule has 29 heavy (non-hydrogen) atoms. The number of benzene rings is 3. The molecule has 0 unspecified atom stereocenters. The van der Waals surface area contributed by atoms with Crippen LogP contribution in [0, 0.1) is 0 Å². The maximum Gasteiger partial charge on any atom is 0.280 e. The summed E-state index contributed by atoms with van der Waals surface area (Å²) in [5, 5.41) is 6.20. The first kappa shape index (κ1) is 20.2. The summed E-state index contributed by atoms with van der Waals surface area (Å²) in [6.07, 6.45) is 0.818. The number of hydrogen-bond donors (Lipinski definition) is 1. The Morgan fingerprint density at radius 2 is 1.83 bits per heavy atom. The highest BCUT2D eigenvalue weighted by Crippen LogP contribution is 2.23. The zero-order valence-electron chi connectivity index (χ0n) is 16.7. The first-order valence-corrected chi connectivity index (χ1v) is 9.40. The second kappa shape index (κ2) is 9.59. The van der Waals surface area contributed by atoms with Crippen LogP contribution in [0.25, 0.3) is 10.8 Å². The first-order chi connectivity index (χ1) is 14.1. The highest BCUT2D eigenvalue weighted by atomic mass is 16.5. The van der Waals surface area contributed by atoms with Gasteiger partial charge in [-0.3, -0.25) is 4.79 Å². The van der Waals surface area contributed by atoms with Crippen molar-refractivity contribution in [2.24, 2.45) is 5.10 Å². The predicted octanol–water partition coefficient (Wildman–Crippen LogP) is 4.16. The summed E-state index contributed by atoms with van der Waals surface area (Å²) >= 11 is 0. The molecule has 0 saturated carbocycles.